The molecule has 1 aliphatic carbocycles. The van der Waals surface area contributed by atoms with E-state index in [9.17, 15) is 0 Å². The molecule has 1 aromatic heterocycles. The number of aryl methyl sites for hydroxylation is 2. The molecule has 0 amide bonds. The van der Waals surface area contributed by atoms with Crippen LogP contribution >= 0.6 is 0 Å². The lowest BCUT2D eigenvalue weighted by molar-refractivity contribution is 0.392. The van der Waals surface area contributed by atoms with E-state index in [1.807, 2.05) is 18.7 Å². The van der Waals surface area contributed by atoms with Gasteiger partial charge in [0.1, 0.15) is 11.6 Å². The minimum Gasteiger partial charge on any atom is -0.353 e. The Hall–Kier alpha value is -1.59. The minimum absolute atomic E-state index is 0.383. The van der Waals surface area contributed by atoms with E-state index in [1.165, 1.54) is 19.3 Å². The summed E-state index contributed by atoms with van der Waals surface area (Å²) < 4.78 is 2.03. The topological polar surface area (TPSA) is 67.1 Å². The molecule has 1 saturated carbocycles. The van der Waals surface area contributed by atoms with Crippen LogP contribution in [0, 0.1) is 12.8 Å². The van der Waals surface area contributed by atoms with E-state index in [-0.39, 0.29) is 0 Å². The fourth-order valence-corrected chi connectivity index (χ4v) is 3.21. The number of nitrogens with zero attached hydrogens (tertiary/aromatic N) is 4. The first kappa shape index (κ1) is 14.4. The second-order valence-electron chi connectivity index (χ2n) is 6.24. The fourth-order valence-electron chi connectivity index (χ4n) is 3.21. The lowest BCUT2D eigenvalue weighted by Crippen LogP contribution is -2.47. The van der Waals surface area contributed by atoms with Crippen LogP contribution in [0.3, 0.4) is 0 Å². The van der Waals surface area contributed by atoms with Crippen molar-refractivity contribution in [2.45, 2.75) is 64.6 Å². The third-order valence-electron chi connectivity index (χ3n) is 4.43. The van der Waals surface area contributed by atoms with Crippen LogP contribution < -0.4 is 10.6 Å². The van der Waals surface area contributed by atoms with Crippen molar-refractivity contribution in [2.24, 2.45) is 10.9 Å². The third-order valence-corrected chi connectivity index (χ3v) is 4.43. The van der Waals surface area contributed by atoms with Crippen LogP contribution in [0.15, 0.2) is 4.99 Å². The van der Waals surface area contributed by atoms with E-state index in [0.717, 1.165) is 42.9 Å². The maximum Gasteiger partial charge on any atom is 0.191 e. The van der Waals surface area contributed by atoms with Crippen LogP contribution in [-0.4, -0.2) is 39.9 Å². The Balaban J connectivity index is 1.52. The van der Waals surface area contributed by atoms with E-state index < -0.39 is 0 Å². The number of aliphatic imine (C=N–C) groups is 1. The summed E-state index contributed by atoms with van der Waals surface area (Å²) in [6, 6.07) is 0.997. The standard InChI is InChI=1S/C15H26N6/c1-4-5-11-8-13(11)19-15(16-3)18-12-6-7-14-17-10(2)20-21(14)9-12/h11-13H,4-9H2,1-3H3,(H2,16,18,19). The number of fused-ring (bicyclic) bond motifs is 1. The number of nitrogens with one attached hydrogen (secondary N) is 2. The SMILES string of the molecule is CCCC1CC1NC(=NC)NC1CCc2nc(C)nn2C1. The van der Waals surface area contributed by atoms with Gasteiger partial charge < -0.3 is 10.6 Å². The van der Waals surface area contributed by atoms with Gasteiger partial charge in [0.15, 0.2) is 5.96 Å². The van der Waals surface area contributed by atoms with Gasteiger partial charge in [-0.05, 0) is 32.1 Å². The molecule has 0 saturated heterocycles. The summed E-state index contributed by atoms with van der Waals surface area (Å²) in [6.45, 7) is 5.08. The van der Waals surface area contributed by atoms with E-state index in [4.69, 9.17) is 0 Å². The van der Waals surface area contributed by atoms with E-state index in [0.29, 0.717) is 12.1 Å². The normalized spacial score (nSPS) is 28.1. The van der Waals surface area contributed by atoms with Crippen molar-refractivity contribution >= 4 is 5.96 Å². The van der Waals surface area contributed by atoms with Gasteiger partial charge in [0, 0.05) is 25.6 Å². The summed E-state index contributed by atoms with van der Waals surface area (Å²) in [5, 5.41) is 11.5. The summed E-state index contributed by atoms with van der Waals surface area (Å²) in [5.41, 5.74) is 0. The van der Waals surface area contributed by atoms with Crippen molar-refractivity contribution in [1.29, 1.82) is 0 Å². The molecule has 1 aromatic rings. The molecule has 0 aromatic carbocycles. The molecule has 2 N–H and O–H groups in total. The predicted molar refractivity (Wildman–Crippen MR) is 83.3 cm³/mol. The van der Waals surface area contributed by atoms with Crippen LogP contribution in [0.5, 0.6) is 0 Å². The highest BCUT2D eigenvalue weighted by atomic mass is 15.4. The first-order chi connectivity index (χ1) is 10.2. The van der Waals surface area contributed by atoms with Crippen LogP contribution in [0.25, 0.3) is 0 Å². The van der Waals surface area contributed by atoms with Crippen molar-refractivity contribution in [3.63, 3.8) is 0 Å². The quantitative estimate of drug-likeness (QED) is 0.647. The highest BCUT2D eigenvalue weighted by molar-refractivity contribution is 5.80. The Labute approximate surface area is 126 Å². The highest BCUT2D eigenvalue weighted by Crippen LogP contribution is 2.34. The molecule has 3 atom stereocenters. The zero-order valence-electron chi connectivity index (χ0n) is 13.3. The summed E-state index contributed by atoms with van der Waals surface area (Å²) in [7, 11) is 1.85. The molecule has 2 heterocycles. The molecule has 1 fully saturated rings. The van der Waals surface area contributed by atoms with Crippen LogP contribution in [0.4, 0.5) is 0 Å². The van der Waals surface area contributed by atoms with Gasteiger partial charge in [-0.3, -0.25) is 4.99 Å². The fraction of sp³-hybridized carbons (Fsp3) is 0.800. The second-order valence-corrected chi connectivity index (χ2v) is 6.24. The van der Waals surface area contributed by atoms with E-state index in [2.05, 4.69) is 32.6 Å². The molecule has 3 unspecified atom stereocenters. The van der Waals surface area contributed by atoms with Gasteiger partial charge in [-0.25, -0.2) is 9.67 Å². The minimum atomic E-state index is 0.383. The van der Waals surface area contributed by atoms with Crippen molar-refractivity contribution in [3.8, 4) is 0 Å². The Morgan fingerprint density at radius 1 is 1.43 bits per heavy atom. The summed E-state index contributed by atoms with van der Waals surface area (Å²) >= 11 is 0. The molecular formula is C15H26N6. The number of aromatic nitrogens is 3. The highest BCUT2D eigenvalue weighted by Gasteiger charge is 2.36. The van der Waals surface area contributed by atoms with Crippen molar-refractivity contribution in [3.05, 3.63) is 11.6 Å². The van der Waals surface area contributed by atoms with Gasteiger partial charge in [0.05, 0.1) is 6.54 Å². The van der Waals surface area contributed by atoms with Crippen molar-refractivity contribution < 1.29 is 0 Å². The van der Waals surface area contributed by atoms with Gasteiger partial charge in [-0.2, -0.15) is 5.10 Å². The zero-order chi connectivity index (χ0) is 14.8. The van der Waals surface area contributed by atoms with E-state index >= 15 is 0 Å². The maximum absolute atomic E-state index is 4.45. The molecule has 21 heavy (non-hydrogen) atoms. The van der Waals surface area contributed by atoms with Gasteiger partial charge in [0.2, 0.25) is 0 Å². The van der Waals surface area contributed by atoms with Crippen molar-refractivity contribution in [1.82, 2.24) is 25.4 Å². The summed E-state index contributed by atoms with van der Waals surface area (Å²) in [5.74, 6) is 3.75. The molecule has 0 spiro atoms. The predicted octanol–water partition coefficient (Wildman–Crippen LogP) is 1.25. The van der Waals surface area contributed by atoms with Crippen molar-refractivity contribution in [2.75, 3.05) is 7.05 Å². The third kappa shape index (κ3) is 3.36. The Morgan fingerprint density at radius 3 is 3.05 bits per heavy atom. The van der Waals surface area contributed by atoms with Crippen LogP contribution in [0.2, 0.25) is 0 Å². The molecule has 3 rings (SSSR count). The summed E-state index contributed by atoms with van der Waals surface area (Å²) in [4.78, 5) is 8.82. The number of hydrogen-bond donors (Lipinski definition) is 2. The molecule has 6 nitrogen and oxygen atoms in total. The molecule has 0 bridgehead atoms. The Bertz CT molecular complexity index is 520. The molecule has 2 aliphatic rings. The first-order valence-electron chi connectivity index (χ1n) is 8.09. The zero-order valence-corrected chi connectivity index (χ0v) is 13.3. The molecule has 0 radical (unpaired) electrons. The van der Waals surface area contributed by atoms with Gasteiger partial charge in [0.25, 0.3) is 0 Å². The van der Waals surface area contributed by atoms with E-state index in [1.54, 1.807) is 0 Å². The van der Waals surface area contributed by atoms with Crippen LogP contribution in [0.1, 0.15) is 44.3 Å². The maximum atomic E-state index is 4.45. The molecule has 6 heteroatoms. The molecule has 1 aliphatic heterocycles. The van der Waals surface area contributed by atoms with Gasteiger partial charge in [-0.15, -0.1) is 0 Å². The summed E-state index contributed by atoms with van der Waals surface area (Å²) in [6.07, 6.45) is 5.94. The largest absolute Gasteiger partial charge is 0.353 e. The molecule has 116 valence electrons. The Kier molecular flexibility index (Phi) is 4.12. The lowest BCUT2D eigenvalue weighted by atomic mass is 10.1. The number of hydrogen-bond acceptors (Lipinski definition) is 3. The average molecular weight is 290 g/mol. The smallest absolute Gasteiger partial charge is 0.191 e. The van der Waals surface area contributed by atoms with Crippen LogP contribution in [-0.2, 0) is 13.0 Å². The Morgan fingerprint density at radius 2 is 2.29 bits per heavy atom. The monoisotopic (exact) mass is 290 g/mol. The number of guanidine groups is 1. The number of rotatable bonds is 4. The lowest BCUT2D eigenvalue weighted by Gasteiger charge is -2.25. The van der Waals surface area contributed by atoms with Gasteiger partial charge in [-0.1, -0.05) is 13.3 Å². The average Bonchev–Trinajstić information content (AvgIpc) is 3.07. The second kappa shape index (κ2) is 6.03. The first-order valence-corrected chi connectivity index (χ1v) is 8.09. The van der Waals surface area contributed by atoms with Gasteiger partial charge >= 0.3 is 0 Å². The molecular weight excluding hydrogens is 264 g/mol.